The van der Waals surface area contributed by atoms with Gasteiger partial charge in [-0.15, -0.1) is 0 Å². The van der Waals surface area contributed by atoms with E-state index in [-0.39, 0.29) is 5.91 Å². The van der Waals surface area contributed by atoms with Gasteiger partial charge in [0.25, 0.3) is 0 Å². The average molecular weight is 231 g/mol. The Morgan fingerprint density at radius 3 is 3.00 bits per heavy atom. The Morgan fingerprint density at radius 1 is 1.47 bits per heavy atom. The molecule has 1 amide bonds. The SMILES string of the molecule is CCNC(=O)[C@@H](N)Cc1c[nH]c2ccccc12. The van der Waals surface area contributed by atoms with Crippen LogP contribution in [0.15, 0.2) is 30.5 Å². The number of rotatable bonds is 4. The molecule has 4 heteroatoms. The molecule has 4 N–H and O–H groups in total. The summed E-state index contributed by atoms with van der Waals surface area (Å²) in [7, 11) is 0. The molecule has 1 heterocycles. The fraction of sp³-hybridized carbons (Fsp3) is 0.308. The van der Waals surface area contributed by atoms with Gasteiger partial charge in [-0.1, -0.05) is 18.2 Å². The fourth-order valence-corrected chi connectivity index (χ4v) is 1.94. The lowest BCUT2D eigenvalue weighted by Gasteiger charge is -2.10. The summed E-state index contributed by atoms with van der Waals surface area (Å²) < 4.78 is 0. The number of amides is 1. The monoisotopic (exact) mass is 231 g/mol. The molecule has 0 fully saturated rings. The molecule has 0 aliphatic heterocycles. The summed E-state index contributed by atoms with van der Waals surface area (Å²) in [5.74, 6) is -0.0993. The largest absolute Gasteiger partial charge is 0.361 e. The maximum atomic E-state index is 11.6. The van der Waals surface area contributed by atoms with Crippen LogP contribution in [0.1, 0.15) is 12.5 Å². The molecule has 2 aromatic rings. The molecule has 90 valence electrons. The number of benzene rings is 1. The molecule has 0 aliphatic rings. The highest BCUT2D eigenvalue weighted by molar-refractivity contribution is 5.86. The van der Waals surface area contributed by atoms with Gasteiger partial charge in [0.05, 0.1) is 6.04 Å². The zero-order chi connectivity index (χ0) is 12.3. The van der Waals surface area contributed by atoms with Gasteiger partial charge in [0.15, 0.2) is 0 Å². The molecule has 4 nitrogen and oxygen atoms in total. The highest BCUT2D eigenvalue weighted by Crippen LogP contribution is 2.18. The third-order valence-corrected chi connectivity index (χ3v) is 2.80. The first-order valence-electron chi connectivity index (χ1n) is 5.80. The van der Waals surface area contributed by atoms with Crippen molar-refractivity contribution in [2.45, 2.75) is 19.4 Å². The van der Waals surface area contributed by atoms with Gasteiger partial charge in [-0.3, -0.25) is 4.79 Å². The lowest BCUT2D eigenvalue weighted by Crippen LogP contribution is -2.41. The highest BCUT2D eigenvalue weighted by atomic mass is 16.2. The number of nitrogens with one attached hydrogen (secondary N) is 2. The van der Waals surface area contributed by atoms with Gasteiger partial charge in [0.1, 0.15) is 0 Å². The summed E-state index contributed by atoms with van der Waals surface area (Å²) in [5, 5.41) is 3.86. The van der Waals surface area contributed by atoms with Crippen molar-refractivity contribution in [3.8, 4) is 0 Å². The van der Waals surface area contributed by atoms with Crippen molar-refractivity contribution in [2.24, 2.45) is 5.73 Å². The normalized spacial score (nSPS) is 12.6. The van der Waals surface area contributed by atoms with Gasteiger partial charge < -0.3 is 16.0 Å². The molecule has 0 unspecified atom stereocenters. The lowest BCUT2D eigenvalue weighted by molar-refractivity contribution is -0.122. The number of H-pyrrole nitrogens is 1. The van der Waals surface area contributed by atoms with Crippen molar-refractivity contribution < 1.29 is 4.79 Å². The number of hydrogen-bond acceptors (Lipinski definition) is 2. The number of carbonyl (C=O) groups is 1. The van der Waals surface area contributed by atoms with Crippen molar-refractivity contribution in [3.05, 3.63) is 36.0 Å². The Bertz CT molecular complexity index is 518. The van der Waals surface area contributed by atoms with Gasteiger partial charge in [-0.25, -0.2) is 0 Å². The van der Waals surface area contributed by atoms with E-state index in [2.05, 4.69) is 10.3 Å². The second-order valence-electron chi connectivity index (χ2n) is 4.06. The molecule has 1 atom stereocenters. The van der Waals surface area contributed by atoms with Crippen LogP contribution in [0.3, 0.4) is 0 Å². The zero-order valence-corrected chi connectivity index (χ0v) is 9.86. The van der Waals surface area contributed by atoms with Crippen molar-refractivity contribution >= 4 is 16.8 Å². The van der Waals surface area contributed by atoms with Crippen LogP contribution in [0.5, 0.6) is 0 Å². The first-order valence-corrected chi connectivity index (χ1v) is 5.80. The number of carbonyl (C=O) groups excluding carboxylic acids is 1. The lowest BCUT2D eigenvalue weighted by atomic mass is 10.1. The van der Waals surface area contributed by atoms with Crippen molar-refractivity contribution in [2.75, 3.05) is 6.54 Å². The molecular weight excluding hydrogens is 214 g/mol. The van der Waals surface area contributed by atoms with E-state index in [9.17, 15) is 4.79 Å². The third kappa shape index (κ3) is 2.47. The van der Waals surface area contributed by atoms with Crippen molar-refractivity contribution in [1.29, 1.82) is 0 Å². The Balaban J connectivity index is 2.16. The quantitative estimate of drug-likeness (QED) is 0.739. The highest BCUT2D eigenvalue weighted by Gasteiger charge is 2.14. The summed E-state index contributed by atoms with van der Waals surface area (Å²) >= 11 is 0. The van der Waals surface area contributed by atoms with Crippen molar-refractivity contribution in [3.63, 3.8) is 0 Å². The minimum absolute atomic E-state index is 0.0993. The van der Waals surface area contributed by atoms with Crippen LogP contribution in [0, 0.1) is 0 Å². The van der Waals surface area contributed by atoms with Crippen molar-refractivity contribution in [1.82, 2.24) is 10.3 Å². The number of para-hydroxylation sites is 1. The van der Waals surface area contributed by atoms with E-state index in [0.717, 1.165) is 16.5 Å². The minimum atomic E-state index is -0.492. The molecular formula is C13H17N3O. The predicted molar refractivity (Wildman–Crippen MR) is 68.7 cm³/mol. The van der Waals surface area contributed by atoms with Gasteiger partial charge >= 0.3 is 0 Å². The summed E-state index contributed by atoms with van der Waals surface area (Å²) in [6.07, 6.45) is 2.47. The average Bonchev–Trinajstić information content (AvgIpc) is 2.73. The number of aromatic nitrogens is 1. The van der Waals surface area contributed by atoms with E-state index >= 15 is 0 Å². The van der Waals surface area contributed by atoms with Gasteiger partial charge in [0, 0.05) is 23.6 Å². The van der Waals surface area contributed by atoms with Crippen LogP contribution in [-0.4, -0.2) is 23.5 Å². The van der Waals surface area contributed by atoms with Crippen LogP contribution < -0.4 is 11.1 Å². The topological polar surface area (TPSA) is 70.9 Å². The molecule has 0 aliphatic carbocycles. The van der Waals surface area contributed by atoms with E-state index < -0.39 is 6.04 Å². The maximum absolute atomic E-state index is 11.6. The van der Waals surface area contributed by atoms with E-state index in [4.69, 9.17) is 5.73 Å². The number of aromatic amines is 1. The van der Waals surface area contributed by atoms with Gasteiger partial charge in [-0.2, -0.15) is 0 Å². The molecule has 0 saturated carbocycles. The molecule has 2 rings (SSSR count). The zero-order valence-electron chi connectivity index (χ0n) is 9.86. The summed E-state index contributed by atoms with van der Waals surface area (Å²) in [6.45, 7) is 2.50. The van der Waals surface area contributed by atoms with Crippen LogP contribution in [-0.2, 0) is 11.2 Å². The van der Waals surface area contributed by atoms with Crippen LogP contribution in [0.4, 0.5) is 0 Å². The fourth-order valence-electron chi connectivity index (χ4n) is 1.94. The van der Waals surface area contributed by atoms with Crippen LogP contribution >= 0.6 is 0 Å². The molecule has 1 aromatic heterocycles. The Morgan fingerprint density at radius 2 is 2.24 bits per heavy atom. The standard InChI is InChI=1S/C13H17N3O/c1-2-15-13(17)11(14)7-9-8-16-12-6-4-3-5-10(9)12/h3-6,8,11,16H,2,7,14H2,1H3,(H,15,17)/t11-/m0/s1. The van der Waals surface area contributed by atoms with Gasteiger partial charge in [-0.05, 0) is 25.0 Å². The third-order valence-electron chi connectivity index (χ3n) is 2.80. The molecule has 0 radical (unpaired) electrons. The summed E-state index contributed by atoms with van der Waals surface area (Å²) in [6, 6.07) is 7.51. The minimum Gasteiger partial charge on any atom is -0.361 e. The van der Waals surface area contributed by atoms with E-state index in [1.807, 2.05) is 37.4 Å². The van der Waals surface area contributed by atoms with E-state index in [1.165, 1.54) is 0 Å². The molecule has 0 bridgehead atoms. The van der Waals surface area contributed by atoms with Crippen LogP contribution in [0.25, 0.3) is 10.9 Å². The molecule has 1 aromatic carbocycles. The maximum Gasteiger partial charge on any atom is 0.237 e. The second-order valence-corrected chi connectivity index (χ2v) is 4.06. The number of hydrogen-bond donors (Lipinski definition) is 3. The Hall–Kier alpha value is -1.81. The summed E-state index contributed by atoms with van der Waals surface area (Å²) in [5.41, 5.74) is 8.02. The number of nitrogens with two attached hydrogens (primary N) is 1. The summed E-state index contributed by atoms with van der Waals surface area (Å²) in [4.78, 5) is 14.7. The van der Waals surface area contributed by atoms with Gasteiger partial charge in [0.2, 0.25) is 5.91 Å². The Labute approximate surface area is 100 Å². The first kappa shape index (κ1) is 11.7. The molecule has 17 heavy (non-hydrogen) atoms. The Kier molecular flexibility index (Phi) is 3.44. The second kappa shape index (κ2) is 5.01. The molecule has 0 spiro atoms. The number of fused-ring (bicyclic) bond motifs is 1. The van der Waals surface area contributed by atoms with E-state index in [0.29, 0.717) is 13.0 Å². The predicted octanol–water partition coefficient (Wildman–Crippen LogP) is 1.17. The smallest absolute Gasteiger partial charge is 0.237 e. The number of likely N-dealkylation sites (N-methyl/N-ethyl adjacent to an activating group) is 1. The first-order chi connectivity index (χ1) is 8.22. The van der Waals surface area contributed by atoms with Crippen LogP contribution in [0.2, 0.25) is 0 Å². The van der Waals surface area contributed by atoms with E-state index in [1.54, 1.807) is 0 Å². The molecule has 0 saturated heterocycles.